The molecule has 1 unspecified atom stereocenters. The van der Waals surface area contributed by atoms with Gasteiger partial charge in [0.1, 0.15) is 0 Å². The first-order valence-electron chi connectivity index (χ1n) is 5.67. The molecule has 0 N–H and O–H groups in total. The molecule has 1 atom stereocenters. The van der Waals surface area contributed by atoms with Gasteiger partial charge in [-0.05, 0) is 40.0 Å². The molecule has 1 saturated heterocycles. The highest BCUT2D eigenvalue weighted by Crippen LogP contribution is 2.36. The van der Waals surface area contributed by atoms with Crippen LogP contribution in [0, 0.1) is 0 Å². The number of hydrogen-bond acceptors (Lipinski definition) is 3. The van der Waals surface area contributed by atoms with E-state index in [9.17, 15) is 4.79 Å². The van der Waals surface area contributed by atoms with E-state index >= 15 is 0 Å². The summed E-state index contributed by atoms with van der Waals surface area (Å²) in [7, 11) is 0. The van der Waals surface area contributed by atoms with E-state index in [0.29, 0.717) is 6.61 Å². The van der Waals surface area contributed by atoms with E-state index in [-0.39, 0.29) is 17.2 Å². The molecule has 0 aromatic heterocycles. The van der Waals surface area contributed by atoms with Crippen LogP contribution in [0.2, 0.25) is 0 Å². The Bertz CT molecular complexity index is 235. The SMILES string of the molecule is CC(=O)OCCC1(C)CCCC(C)(C)O1. The summed E-state index contributed by atoms with van der Waals surface area (Å²) >= 11 is 0. The second kappa shape index (κ2) is 4.52. The van der Waals surface area contributed by atoms with Crippen LogP contribution in [-0.4, -0.2) is 23.8 Å². The summed E-state index contributed by atoms with van der Waals surface area (Å²) in [4.78, 5) is 10.7. The zero-order valence-electron chi connectivity index (χ0n) is 10.3. The molecule has 0 aromatic carbocycles. The molecule has 15 heavy (non-hydrogen) atoms. The molecule has 0 amide bonds. The molecule has 3 nitrogen and oxygen atoms in total. The van der Waals surface area contributed by atoms with Crippen LogP contribution in [-0.2, 0) is 14.3 Å². The van der Waals surface area contributed by atoms with Crippen LogP contribution in [0.5, 0.6) is 0 Å². The highest BCUT2D eigenvalue weighted by Gasteiger charge is 2.36. The molecule has 1 rings (SSSR count). The van der Waals surface area contributed by atoms with E-state index < -0.39 is 0 Å². The minimum Gasteiger partial charge on any atom is -0.466 e. The molecule has 3 heteroatoms. The van der Waals surface area contributed by atoms with Crippen LogP contribution >= 0.6 is 0 Å². The van der Waals surface area contributed by atoms with Crippen molar-refractivity contribution in [2.75, 3.05) is 6.61 Å². The van der Waals surface area contributed by atoms with Gasteiger partial charge >= 0.3 is 5.97 Å². The number of rotatable bonds is 3. The number of carbonyl (C=O) groups is 1. The van der Waals surface area contributed by atoms with Gasteiger partial charge in [0.25, 0.3) is 0 Å². The fourth-order valence-corrected chi connectivity index (χ4v) is 2.24. The monoisotopic (exact) mass is 214 g/mol. The van der Waals surface area contributed by atoms with E-state index in [1.807, 2.05) is 0 Å². The van der Waals surface area contributed by atoms with Crippen LogP contribution in [0.25, 0.3) is 0 Å². The maximum atomic E-state index is 10.7. The van der Waals surface area contributed by atoms with Gasteiger partial charge in [0, 0.05) is 13.3 Å². The van der Waals surface area contributed by atoms with E-state index in [2.05, 4.69) is 20.8 Å². The summed E-state index contributed by atoms with van der Waals surface area (Å²) in [6.45, 7) is 8.25. The topological polar surface area (TPSA) is 35.5 Å². The molecule has 0 bridgehead atoms. The van der Waals surface area contributed by atoms with Crippen molar-refractivity contribution >= 4 is 5.97 Å². The first-order valence-corrected chi connectivity index (χ1v) is 5.67. The standard InChI is InChI=1S/C12H22O3/c1-10(13)14-9-8-12(4)7-5-6-11(2,3)15-12/h5-9H2,1-4H3. The molecule has 0 spiro atoms. The molecular weight excluding hydrogens is 192 g/mol. The normalized spacial score (nSPS) is 29.9. The second-order valence-corrected chi connectivity index (χ2v) is 5.26. The fraction of sp³-hybridized carbons (Fsp3) is 0.917. The number of ether oxygens (including phenoxy) is 2. The van der Waals surface area contributed by atoms with Crippen LogP contribution in [0.15, 0.2) is 0 Å². The summed E-state index contributed by atoms with van der Waals surface area (Å²) in [5.41, 5.74) is -0.166. The summed E-state index contributed by atoms with van der Waals surface area (Å²) in [6.07, 6.45) is 4.13. The first kappa shape index (κ1) is 12.5. The zero-order valence-corrected chi connectivity index (χ0v) is 10.3. The van der Waals surface area contributed by atoms with E-state index in [4.69, 9.17) is 9.47 Å². The van der Waals surface area contributed by atoms with Crippen molar-refractivity contribution in [1.82, 2.24) is 0 Å². The van der Waals surface area contributed by atoms with Crippen LogP contribution in [0.1, 0.15) is 53.4 Å². The Morgan fingerprint density at radius 1 is 1.33 bits per heavy atom. The van der Waals surface area contributed by atoms with Crippen molar-refractivity contribution in [2.24, 2.45) is 0 Å². The smallest absolute Gasteiger partial charge is 0.302 e. The Hall–Kier alpha value is -0.570. The molecule has 88 valence electrons. The van der Waals surface area contributed by atoms with Crippen LogP contribution in [0.3, 0.4) is 0 Å². The highest BCUT2D eigenvalue weighted by molar-refractivity contribution is 5.65. The largest absolute Gasteiger partial charge is 0.466 e. The van der Waals surface area contributed by atoms with Gasteiger partial charge in [-0.2, -0.15) is 0 Å². The van der Waals surface area contributed by atoms with Gasteiger partial charge in [0.2, 0.25) is 0 Å². The molecular formula is C12H22O3. The third-order valence-corrected chi connectivity index (χ3v) is 2.94. The average Bonchev–Trinajstić information content (AvgIpc) is 1.99. The van der Waals surface area contributed by atoms with Gasteiger partial charge in [-0.25, -0.2) is 0 Å². The third-order valence-electron chi connectivity index (χ3n) is 2.94. The van der Waals surface area contributed by atoms with Crippen molar-refractivity contribution in [1.29, 1.82) is 0 Å². The van der Waals surface area contributed by atoms with Crippen molar-refractivity contribution in [3.8, 4) is 0 Å². The summed E-state index contributed by atoms with van der Waals surface area (Å²) in [5.74, 6) is -0.214. The van der Waals surface area contributed by atoms with Crippen molar-refractivity contribution in [2.45, 2.75) is 64.6 Å². The predicted octanol–water partition coefficient (Wildman–Crippen LogP) is 2.68. The molecule has 1 aliphatic heterocycles. The molecule has 0 aliphatic carbocycles. The molecule has 1 heterocycles. The lowest BCUT2D eigenvalue weighted by molar-refractivity contribution is -0.174. The van der Waals surface area contributed by atoms with Gasteiger partial charge in [0.15, 0.2) is 0 Å². The number of esters is 1. The Morgan fingerprint density at radius 3 is 2.53 bits per heavy atom. The molecule has 0 radical (unpaired) electrons. The van der Waals surface area contributed by atoms with Gasteiger partial charge in [-0.15, -0.1) is 0 Å². The van der Waals surface area contributed by atoms with E-state index in [1.165, 1.54) is 13.3 Å². The average molecular weight is 214 g/mol. The molecule has 1 fully saturated rings. The number of carbonyl (C=O) groups excluding carboxylic acids is 1. The first-order chi connectivity index (χ1) is 6.83. The van der Waals surface area contributed by atoms with Gasteiger partial charge < -0.3 is 9.47 Å². The quantitative estimate of drug-likeness (QED) is 0.677. The second-order valence-electron chi connectivity index (χ2n) is 5.26. The fourth-order valence-electron chi connectivity index (χ4n) is 2.24. The summed E-state index contributed by atoms with van der Waals surface area (Å²) < 4.78 is 11.0. The van der Waals surface area contributed by atoms with Gasteiger partial charge in [-0.1, -0.05) is 0 Å². The van der Waals surface area contributed by atoms with E-state index in [1.54, 1.807) is 0 Å². The van der Waals surface area contributed by atoms with E-state index in [0.717, 1.165) is 19.3 Å². The zero-order chi connectivity index (χ0) is 11.5. The molecule has 1 aliphatic rings. The lowest BCUT2D eigenvalue weighted by Crippen LogP contribution is -2.44. The predicted molar refractivity (Wildman–Crippen MR) is 58.7 cm³/mol. The lowest BCUT2D eigenvalue weighted by atomic mass is 9.86. The van der Waals surface area contributed by atoms with Gasteiger partial charge in [-0.3, -0.25) is 4.79 Å². The van der Waals surface area contributed by atoms with Crippen molar-refractivity contribution in [3.63, 3.8) is 0 Å². The molecule has 0 aromatic rings. The van der Waals surface area contributed by atoms with Crippen LogP contribution < -0.4 is 0 Å². The highest BCUT2D eigenvalue weighted by atomic mass is 16.5. The Balaban J connectivity index is 2.40. The minimum absolute atomic E-state index is 0.0385. The maximum Gasteiger partial charge on any atom is 0.302 e. The Kier molecular flexibility index (Phi) is 3.77. The maximum absolute atomic E-state index is 10.7. The van der Waals surface area contributed by atoms with Crippen molar-refractivity contribution in [3.05, 3.63) is 0 Å². The van der Waals surface area contributed by atoms with Gasteiger partial charge in [0.05, 0.1) is 17.8 Å². The van der Waals surface area contributed by atoms with Crippen molar-refractivity contribution < 1.29 is 14.3 Å². The Morgan fingerprint density at radius 2 is 2.00 bits per heavy atom. The minimum atomic E-state index is -0.214. The summed E-state index contributed by atoms with van der Waals surface area (Å²) in [6, 6.07) is 0. The number of hydrogen-bond donors (Lipinski definition) is 0. The lowest BCUT2D eigenvalue weighted by Gasteiger charge is -2.43. The third kappa shape index (κ3) is 4.20. The Labute approximate surface area is 92.1 Å². The molecule has 0 saturated carbocycles. The van der Waals surface area contributed by atoms with Crippen LogP contribution in [0.4, 0.5) is 0 Å². The summed E-state index contributed by atoms with van der Waals surface area (Å²) in [5, 5.41) is 0.